The molecule has 0 unspecified atom stereocenters. The van der Waals surface area contributed by atoms with Gasteiger partial charge in [0.15, 0.2) is 0 Å². The summed E-state index contributed by atoms with van der Waals surface area (Å²) in [5.74, 6) is -0.879. The van der Waals surface area contributed by atoms with Crippen LogP contribution in [0.25, 0.3) is 0 Å². The highest BCUT2D eigenvalue weighted by Gasteiger charge is 2.16. The minimum atomic E-state index is -3.97. The molecule has 4 N–H and O–H groups in total. The van der Waals surface area contributed by atoms with Crippen molar-refractivity contribution in [3.8, 4) is 0 Å². The highest BCUT2D eigenvalue weighted by atomic mass is 32.2. The minimum Gasteiger partial charge on any atom is -0.333 e. The van der Waals surface area contributed by atoms with Gasteiger partial charge in [-0.2, -0.15) is 0 Å². The fraction of sp³-hybridized carbons (Fsp3) is 0.364. The van der Waals surface area contributed by atoms with Crippen LogP contribution in [0.1, 0.15) is 20.8 Å². The first-order chi connectivity index (χ1) is 8.49. The first-order valence-corrected chi connectivity index (χ1v) is 6.95. The number of rotatable bonds is 2. The normalized spacial score (nSPS) is 12.1. The van der Waals surface area contributed by atoms with Gasteiger partial charge in [0.05, 0.1) is 10.6 Å². The Balaban J connectivity index is 2.90. The van der Waals surface area contributed by atoms with E-state index in [0.717, 1.165) is 18.2 Å². The van der Waals surface area contributed by atoms with Crippen LogP contribution in [0.3, 0.4) is 0 Å². The van der Waals surface area contributed by atoms with Crippen LogP contribution in [-0.4, -0.2) is 20.0 Å². The first-order valence-electron chi connectivity index (χ1n) is 5.40. The number of nitrogens with two attached hydrogens (primary N) is 1. The Kier molecular flexibility index (Phi) is 4.16. The van der Waals surface area contributed by atoms with Gasteiger partial charge in [-0.3, -0.25) is 0 Å². The van der Waals surface area contributed by atoms with Crippen LogP contribution >= 0.6 is 0 Å². The molecule has 19 heavy (non-hydrogen) atoms. The maximum atomic E-state index is 13.6. The van der Waals surface area contributed by atoms with Crippen LogP contribution in [0.5, 0.6) is 0 Å². The van der Waals surface area contributed by atoms with Crippen molar-refractivity contribution in [2.24, 2.45) is 5.14 Å². The summed E-state index contributed by atoms with van der Waals surface area (Å²) in [7, 11) is -3.97. The second-order valence-corrected chi connectivity index (χ2v) is 6.58. The van der Waals surface area contributed by atoms with Crippen molar-refractivity contribution >= 4 is 21.7 Å². The van der Waals surface area contributed by atoms with Crippen molar-refractivity contribution in [1.82, 2.24) is 5.32 Å². The number of hydrogen-bond acceptors (Lipinski definition) is 3. The number of hydrogen-bond donors (Lipinski definition) is 3. The Bertz CT molecular complexity index is 594. The molecule has 8 heteroatoms. The number of anilines is 1. The molecule has 0 aliphatic heterocycles. The molecule has 0 aliphatic carbocycles. The van der Waals surface area contributed by atoms with Crippen LogP contribution in [0.4, 0.5) is 14.9 Å². The van der Waals surface area contributed by atoms with E-state index in [1.807, 2.05) is 0 Å². The molecule has 0 fully saturated rings. The van der Waals surface area contributed by atoms with Gasteiger partial charge in [0.25, 0.3) is 0 Å². The van der Waals surface area contributed by atoms with Crippen LogP contribution in [0.2, 0.25) is 0 Å². The van der Waals surface area contributed by atoms with Gasteiger partial charge in [-0.25, -0.2) is 22.7 Å². The third kappa shape index (κ3) is 4.84. The summed E-state index contributed by atoms with van der Waals surface area (Å²) < 4.78 is 35.6. The molecule has 0 aliphatic rings. The largest absolute Gasteiger partial charge is 0.333 e. The Hall–Kier alpha value is -1.67. The third-order valence-corrected chi connectivity index (χ3v) is 2.92. The molecule has 6 nitrogen and oxygen atoms in total. The number of sulfonamides is 1. The topological polar surface area (TPSA) is 101 Å². The van der Waals surface area contributed by atoms with Crippen molar-refractivity contribution in [2.45, 2.75) is 31.2 Å². The number of carbonyl (C=O) groups excluding carboxylic acids is 1. The van der Waals surface area contributed by atoms with E-state index in [-0.39, 0.29) is 10.6 Å². The molecule has 0 saturated heterocycles. The van der Waals surface area contributed by atoms with E-state index in [2.05, 4.69) is 10.6 Å². The number of benzene rings is 1. The molecule has 1 aromatic carbocycles. The standard InChI is InChI=1S/C11H16FN3O3S/c1-11(2,3)15-10(16)14-9-5-4-7(6-8(9)12)19(13,17)18/h4-6H,1-3H3,(H2,13,17,18)(H2,14,15,16). The molecule has 0 aromatic heterocycles. The predicted molar refractivity (Wildman–Crippen MR) is 69.7 cm³/mol. The summed E-state index contributed by atoms with van der Waals surface area (Å²) in [6.45, 7) is 5.31. The molecule has 0 saturated carbocycles. The van der Waals surface area contributed by atoms with Gasteiger partial charge in [0.1, 0.15) is 5.82 Å². The quantitative estimate of drug-likeness (QED) is 0.766. The highest BCUT2D eigenvalue weighted by Crippen LogP contribution is 2.18. The fourth-order valence-corrected chi connectivity index (χ4v) is 1.79. The average Bonchev–Trinajstić information content (AvgIpc) is 2.16. The predicted octanol–water partition coefficient (Wildman–Crippen LogP) is 1.39. The van der Waals surface area contributed by atoms with Gasteiger partial charge in [0.2, 0.25) is 10.0 Å². The first kappa shape index (κ1) is 15.4. The molecular weight excluding hydrogens is 273 g/mol. The van der Waals surface area contributed by atoms with E-state index in [4.69, 9.17) is 5.14 Å². The van der Waals surface area contributed by atoms with Crippen LogP contribution in [-0.2, 0) is 10.0 Å². The average molecular weight is 289 g/mol. The molecule has 0 heterocycles. The second kappa shape index (κ2) is 5.14. The number of nitrogens with one attached hydrogen (secondary N) is 2. The lowest BCUT2D eigenvalue weighted by molar-refractivity contribution is 0.243. The number of amides is 2. The zero-order valence-electron chi connectivity index (χ0n) is 10.8. The Morgan fingerprint density at radius 2 is 1.89 bits per heavy atom. The number of primary sulfonamides is 1. The van der Waals surface area contributed by atoms with Gasteiger partial charge < -0.3 is 10.6 Å². The highest BCUT2D eigenvalue weighted by molar-refractivity contribution is 7.89. The second-order valence-electron chi connectivity index (χ2n) is 5.02. The molecule has 1 aromatic rings. The lowest BCUT2D eigenvalue weighted by atomic mass is 10.1. The van der Waals surface area contributed by atoms with Gasteiger partial charge >= 0.3 is 6.03 Å². The lowest BCUT2D eigenvalue weighted by Crippen LogP contribution is -2.43. The zero-order valence-corrected chi connectivity index (χ0v) is 11.6. The Morgan fingerprint density at radius 3 is 2.32 bits per heavy atom. The van der Waals surface area contributed by atoms with Crippen molar-refractivity contribution < 1.29 is 17.6 Å². The van der Waals surface area contributed by atoms with Crippen molar-refractivity contribution in [1.29, 1.82) is 0 Å². The van der Waals surface area contributed by atoms with Crippen LogP contribution < -0.4 is 15.8 Å². The van der Waals surface area contributed by atoms with Crippen molar-refractivity contribution in [2.75, 3.05) is 5.32 Å². The smallest absolute Gasteiger partial charge is 0.319 e. The molecular formula is C11H16FN3O3S. The zero-order chi connectivity index (χ0) is 14.8. The van der Waals surface area contributed by atoms with E-state index in [9.17, 15) is 17.6 Å². The molecule has 0 bridgehead atoms. The molecule has 1 rings (SSSR count). The van der Waals surface area contributed by atoms with Gasteiger partial charge in [-0.05, 0) is 39.0 Å². The van der Waals surface area contributed by atoms with E-state index in [1.54, 1.807) is 20.8 Å². The van der Waals surface area contributed by atoms with Crippen LogP contribution in [0.15, 0.2) is 23.1 Å². The van der Waals surface area contributed by atoms with Gasteiger partial charge in [0, 0.05) is 5.54 Å². The van der Waals surface area contributed by atoms with Gasteiger partial charge in [-0.1, -0.05) is 0 Å². The molecule has 2 amide bonds. The van der Waals surface area contributed by atoms with E-state index in [1.165, 1.54) is 0 Å². The Labute approximate surface area is 111 Å². The molecule has 0 radical (unpaired) electrons. The SMILES string of the molecule is CC(C)(C)NC(=O)Nc1ccc(S(N)(=O)=O)cc1F. The lowest BCUT2D eigenvalue weighted by Gasteiger charge is -2.20. The van der Waals surface area contributed by atoms with Crippen molar-refractivity contribution in [3.63, 3.8) is 0 Å². The monoisotopic (exact) mass is 289 g/mol. The summed E-state index contributed by atoms with van der Waals surface area (Å²) in [5, 5.41) is 9.73. The number of halogens is 1. The maximum absolute atomic E-state index is 13.6. The van der Waals surface area contributed by atoms with E-state index >= 15 is 0 Å². The third-order valence-electron chi connectivity index (χ3n) is 2.01. The van der Waals surface area contributed by atoms with Gasteiger partial charge in [-0.15, -0.1) is 0 Å². The van der Waals surface area contributed by atoms with E-state index < -0.39 is 27.4 Å². The van der Waals surface area contributed by atoms with Crippen molar-refractivity contribution in [3.05, 3.63) is 24.0 Å². The number of urea groups is 1. The van der Waals surface area contributed by atoms with Crippen LogP contribution in [0, 0.1) is 5.82 Å². The summed E-state index contributed by atoms with van der Waals surface area (Å²) in [6.07, 6.45) is 0. The summed E-state index contributed by atoms with van der Waals surface area (Å²) in [5.41, 5.74) is -0.602. The summed E-state index contributed by atoms with van der Waals surface area (Å²) >= 11 is 0. The summed E-state index contributed by atoms with van der Waals surface area (Å²) in [6, 6.07) is 2.42. The maximum Gasteiger partial charge on any atom is 0.319 e. The fourth-order valence-electron chi connectivity index (χ4n) is 1.27. The molecule has 0 atom stereocenters. The summed E-state index contributed by atoms with van der Waals surface area (Å²) in [4.78, 5) is 11.2. The minimum absolute atomic E-state index is 0.130. The van der Waals surface area contributed by atoms with E-state index in [0.29, 0.717) is 0 Å². The Morgan fingerprint density at radius 1 is 1.32 bits per heavy atom. The molecule has 106 valence electrons. The molecule has 0 spiro atoms. The number of carbonyl (C=O) groups is 1.